The van der Waals surface area contributed by atoms with Gasteiger partial charge in [0.2, 0.25) is 17.7 Å². The molecule has 0 radical (unpaired) electrons. The number of pyridine rings is 1. The van der Waals surface area contributed by atoms with Gasteiger partial charge in [-0.1, -0.05) is 6.07 Å². The molecule has 10 nitrogen and oxygen atoms in total. The van der Waals surface area contributed by atoms with Crippen molar-refractivity contribution in [2.75, 3.05) is 19.6 Å². The molecule has 0 aliphatic carbocycles. The number of aryl methyl sites for hydroxylation is 2. The van der Waals surface area contributed by atoms with Crippen molar-refractivity contribution in [3.63, 3.8) is 0 Å². The summed E-state index contributed by atoms with van der Waals surface area (Å²) in [5, 5.41) is 0. The number of hydrogen-bond donors (Lipinski definition) is 2. The molecule has 3 aromatic heterocycles. The van der Waals surface area contributed by atoms with Gasteiger partial charge in [0.25, 0.3) is 5.91 Å². The Bertz CT molecular complexity index is 1370. The predicted molar refractivity (Wildman–Crippen MR) is 122 cm³/mol. The van der Waals surface area contributed by atoms with Crippen LogP contribution in [0, 0.1) is 25.5 Å². The Morgan fingerprint density at radius 3 is 2.31 bits per heavy atom. The molecule has 0 spiro atoms. The first-order valence-electron chi connectivity index (χ1n) is 10.4. The van der Waals surface area contributed by atoms with E-state index in [2.05, 4.69) is 25.8 Å². The maximum absolute atomic E-state index is 14.0. The van der Waals surface area contributed by atoms with Gasteiger partial charge in [0.05, 0.1) is 31.5 Å². The number of nitrogens with zero attached hydrogens (tertiary/aromatic N) is 4. The van der Waals surface area contributed by atoms with E-state index in [0.29, 0.717) is 11.3 Å². The highest BCUT2D eigenvalue weighted by Crippen LogP contribution is 2.26. The standard InChI is InChI=1S/C23H22F2N6O4/c1-12-8-17(35-11-14-15(24)6-5-7-16(14)25)21-26-13(2)20(31(21)10-12)22(32)29-30-23-27-18(33-3)9-19(28-23)34-4/h5-10H,11H2,1-4H3,(H,29,32)(H,27,28,30). The zero-order chi connectivity index (χ0) is 25.1. The molecule has 0 aliphatic heterocycles. The van der Waals surface area contributed by atoms with Gasteiger partial charge in [-0.25, -0.2) is 13.8 Å². The van der Waals surface area contributed by atoms with Gasteiger partial charge >= 0.3 is 0 Å². The van der Waals surface area contributed by atoms with Gasteiger partial charge in [0.15, 0.2) is 11.4 Å². The minimum atomic E-state index is -0.712. The molecule has 12 heteroatoms. The minimum Gasteiger partial charge on any atom is -0.485 e. The summed E-state index contributed by atoms with van der Waals surface area (Å²) in [6.07, 6.45) is 1.70. The number of aromatic nitrogens is 4. The summed E-state index contributed by atoms with van der Waals surface area (Å²) in [7, 11) is 2.88. The third-order valence-corrected chi connectivity index (χ3v) is 5.03. The molecule has 2 N–H and O–H groups in total. The highest BCUT2D eigenvalue weighted by molar-refractivity contribution is 5.95. The molecule has 0 fully saturated rings. The van der Waals surface area contributed by atoms with E-state index in [4.69, 9.17) is 14.2 Å². The molecule has 0 aliphatic rings. The summed E-state index contributed by atoms with van der Waals surface area (Å²) in [6.45, 7) is 3.10. The van der Waals surface area contributed by atoms with Crippen LogP contribution in [0.5, 0.6) is 17.5 Å². The number of imidazole rings is 1. The zero-order valence-electron chi connectivity index (χ0n) is 19.3. The smallest absolute Gasteiger partial charge is 0.288 e. The lowest BCUT2D eigenvalue weighted by atomic mass is 10.2. The Labute approximate surface area is 198 Å². The molecule has 4 aromatic rings. The maximum Gasteiger partial charge on any atom is 0.288 e. The van der Waals surface area contributed by atoms with E-state index < -0.39 is 17.5 Å². The van der Waals surface area contributed by atoms with Gasteiger partial charge in [-0.3, -0.25) is 20.0 Å². The van der Waals surface area contributed by atoms with E-state index in [1.165, 1.54) is 26.4 Å². The normalized spacial score (nSPS) is 10.8. The number of rotatable bonds is 8. The Hall–Kier alpha value is -4.48. The van der Waals surface area contributed by atoms with Crippen LogP contribution in [0.2, 0.25) is 0 Å². The van der Waals surface area contributed by atoms with Crippen LogP contribution in [0.15, 0.2) is 36.5 Å². The molecule has 0 bridgehead atoms. The number of carbonyl (C=O) groups excluding carboxylic acids is 1. The summed E-state index contributed by atoms with van der Waals surface area (Å²) in [5.41, 5.74) is 6.62. The zero-order valence-corrected chi connectivity index (χ0v) is 19.3. The van der Waals surface area contributed by atoms with Gasteiger partial charge in [-0.2, -0.15) is 9.97 Å². The first kappa shape index (κ1) is 23.7. The van der Waals surface area contributed by atoms with E-state index in [-0.39, 0.29) is 41.3 Å². The maximum atomic E-state index is 14.0. The van der Waals surface area contributed by atoms with Crippen LogP contribution in [-0.4, -0.2) is 39.5 Å². The van der Waals surface area contributed by atoms with Crippen molar-refractivity contribution < 1.29 is 27.8 Å². The Morgan fingerprint density at radius 2 is 1.69 bits per heavy atom. The van der Waals surface area contributed by atoms with Crippen molar-refractivity contribution in [1.82, 2.24) is 24.8 Å². The third-order valence-electron chi connectivity index (χ3n) is 5.03. The fraction of sp³-hybridized carbons (Fsp3) is 0.217. The molecule has 1 amide bonds. The van der Waals surface area contributed by atoms with Gasteiger partial charge in [-0.05, 0) is 37.6 Å². The lowest BCUT2D eigenvalue weighted by Gasteiger charge is -2.12. The summed E-state index contributed by atoms with van der Waals surface area (Å²) in [6, 6.07) is 6.76. The molecule has 1 aromatic carbocycles. The summed E-state index contributed by atoms with van der Waals surface area (Å²) < 4.78 is 45.5. The summed E-state index contributed by atoms with van der Waals surface area (Å²) >= 11 is 0. The second kappa shape index (κ2) is 9.79. The second-order valence-corrected chi connectivity index (χ2v) is 7.47. The number of amides is 1. The molecular weight excluding hydrogens is 462 g/mol. The lowest BCUT2D eigenvalue weighted by Crippen LogP contribution is -2.31. The topological polar surface area (TPSA) is 112 Å². The van der Waals surface area contributed by atoms with E-state index >= 15 is 0 Å². The van der Waals surface area contributed by atoms with Crippen LogP contribution in [-0.2, 0) is 6.61 Å². The van der Waals surface area contributed by atoms with Crippen LogP contribution < -0.4 is 25.1 Å². The molecular formula is C23H22F2N6O4. The Kier molecular flexibility index (Phi) is 6.62. The number of ether oxygens (including phenoxy) is 3. The van der Waals surface area contributed by atoms with Gasteiger partial charge in [-0.15, -0.1) is 0 Å². The van der Waals surface area contributed by atoms with Crippen molar-refractivity contribution >= 4 is 17.5 Å². The van der Waals surface area contributed by atoms with Crippen molar-refractivity contribution in [3.05, 3.63) is 70.7 Å². The number of fused-ring (bicyclic) bond motifs is 1. The van der Waals surface area contributed by atoms with Crippen molar-refractivity contribution in [1.29, 1.82) is 0 Å². The van der Waals surface area contributed by atoms with Crippen LogP contribution in [0.4, 0.5) is 14.7 Å². The molecule has 182 valence electrons. The van der Waals surface area contributed by atoms with E-state index in [1.807, 2.05) is 0 Å². The van der Waals surface area contributed by atoms with Crippen molar-refractivity contribution in [2.45, 2.75) is 20.5 Å². The molecule has 35 heavy (non-hydrogen) atoms. The van der Waals surface area contributed by atoms with Crippen LogP contribution >= 0.6 is 0 Å². The monoisotopic (exact) mass is 484 g/mol. The first-order chi connectivity index (χ1) is 16.8. The number of nitrogens with one attached hydrogen (secondary N) is 2. The van der Waals surface area contributed by atoms with Crippen LogP contribution in [0.1, 0.15) is 27.3 Å². The fourth-order valence-electron chi connectivity index (χ4n) is 3.40. The predicted octanol–water partition coefficient (Wildman–Crippen LogP) is 3.37. The number of hydrogen-bond acceptors (Lipinski definition) is 8. The van der Waals surface area contributed by atoms with Gasteiger partial charge < -0.3 is 14.2 Å². The van der Waals surface area contributed by atoms with Gasteiger partial charge in [0, 0.05) is 6.20 Å². The third kappa shape index (κ3) is 4.90. The summed E-state index contributed by atoms with van der Waals surface area (Å²) in [5.74, 6) is -1.16. The molecule has 0 atom stereocenters. The fourth-order valence-corrected chi connectivity index (χ4v) is 3.40. The second-order valence-electron chi connectivity index (χ2n) is 7.47. The van der Waals surface area contributed by atoms with Crippen LogP contribution in [0.25, 0.3) is 5.65 Å². The highest BCUT2D eigenvalue weighted by atomic mass is 19.1. The van der Waals surface area contributed by atoms with E-state index in [0.717, 1.165) is 17.7 Å². The van der Waals surface area contributed by atoms with Crippen LogP contribution in [0.3, 0.4) is 0 Å². The largest absolute Gasteiger partial charge is 0.485 e. The quantitative estimate of drug-likeness (QED) is 0.366. The molecule has 0 unspecified atom stereocenters. The number of methoxy groups -OCH3 is 2. The lowest BCUT2D eigenvalue weighted by molar-refractivity contribution is 0.0955. The Balaban J connectivity index is 1.60. The van der Waals surface area contributed by atoms with Gasteiger partial charge in [0.1, 0.15) is 23.9 Å². The molecule has 4 rings (SSSR count). The van der Waals surface area contributed by atoms with E-state index in [1.54, 1.807) is 30.5 Å². The first-order valence-corrected chi connectivity index (χ1v) is 10.4. The number of carbonyl (C=O) groups is 1. The Morgan fingerprint density at radius 1 is 1.03 bits per heavy atom. The number of hydrazine groups is 1. The van der Waals surface area contributed by atoms with Crippen molar-refractivity contribution in [2.24, 2.45) is 0 Å². The van der Waals surface area contributed by atoms with E-state index in [9.17, 15) is 13.6 Å². The number of benzene rings is 1. The average molecular weight is 484 g/mol. The number of halogens is 2. The molecule has 0 saturated carbocycles. The molecule has 3 heterocycles. The number of anilines is 1. The minimum absolute atomic E-state index is 0.0492. The summed E-state index contributed by atoms with van der Waals surface area (Å²) in [4.78, 5) is 25.6. The average Bonchev–Trinajstić information content (AvgIpc) is 3.17. The highest BCUT2D eigenvalue weighted by Gasteiger charge is 2.21. The van der Waals surface area contributed by atoms with Crippen molar-refractivity contribution in [3.8, 4) is 17.5 Å². The SMILES string of the molecule is COc1cc(OC)nc(NNC(=O)c2c(C)nc3c(OCc4c(F)cccc4F)cc(C)cn23)n1. The molecule has 0 saturated heterocycles.